The number of hydrogen-bond donors (Lipinski definition) is 1. The van der Waals surface area contributed by atoms with E-state index in [1.54, 1.807) is 7.11 Å². The Labute approximate surface area is 123 Å². The standard InChI is InChI=1S/C17H28N2O/c1-19(16-11-6-7-12-17(16)20-2)14-8-13-18-15-9-4-3-5-10-15/h6-7,11-12,15,18H,3-5,8-10,13-14H2,1-2H3. The Bertz CT molecular complexity index is 388. The summed E-state index contributed by atoms with van der Waals surface area (Å²) in [4.78, 5) is 2.28. The fraction of sp³-hybridized carbons (Fsp3) is 0.647. The van der Waals surface area contributed by atoms with Crippen LogP contribution in [0.15, 0.2) is 24.3 Å². The van der Waals surface area contributed by atoms with Gasteiger partial charge in [-0.2, -0.15) is 0 Å². The van der Waals surface area contributed by atoms with Crippen LogP contribution < -0.4 is 15.0 Å². The summed E-state index contributed by atoms with van der Waals surface area (Å²) < 4.78 is 5.41. The number of anilines is 1. The number of rotatable bonds is 7. The van der Waals surface area contributed by atoms with Crippen LogP contribution in [0.2, 0.25) is 0 Å². The van der Waals surface area contributed by atoms with Gasteiger partial charge in [-0.05, 0) is 37.9 Å². The molecule has 0 amide bonds. The number of hydrogen-bond acceptors (Lipinski definition) is 3. The van der Waals surface area contributed by atoms with E-state index in [9.17, 15) is 0 Å². The lowest BCUT2D eigenvalue weighted by Crippen LogP contribution is -2.33. The molecule has 1 fully saturated rings. The van der Waals surface area contributed by atoms with Crippen LogP contribution in [0.25, 0.3) is 0 Å². The summed E-state index contributed by atoms with van der Waals surface area (Å²) in [7, 11) is 3.87. The predicted molar refractivity (Wildman–Crippen MR) is 85.8 cm³/mol. The highest BCUT2D eigenvalue weighted by Crippen LogP contribution is 2.26. The first-order chi connectivity index (χ1) is 9.81. The lowest BCUT2D eigenvalue weighted by Gasteiger charge is -2.24. The maximum atomic E-state index is 5.41. The van der Waals surface area contributed by atoms with Crippen molar-refractivity contribution < 1.29 is 4.74 Å². The predicted octanol–water partition coefficient (Wildman–Crippen LogP) is 3.44. The minimum atomic E-state index is 0.764. The third-order valence-electron chi connectivity index (χ3n) is 4.20. The molecule has 112 valence electrons. The molecule has 0 spiro atoms. The van der Waals surface area contributed by atoms with Gasteiger partial charge in [-0.3, -0.25) is 0 Å². The molecule has 1 N–H and O–H groups in total. The molecular formula is C17H28N2O. The molecule has 1 aromatic carbocycles. The summed E-state index contributed by atoms with van der Waals surface area (Å²) in [5.74, 6) is 0.954. The molecule has 0 atom stereocenters. The molecule has 0 aromatic heterocycles. The second-order valence-corrected chi connectivity index (χ2v) is 5.74. The van der Waals surface area contributed by atoms with Crippen LogP contribution in [0.1, 0.15) is 38.5 Å². The molecule has 1 aromatic rings. The quantitative estimate of drug-likeness (QED) is 0.772. The van der Waals surface area contributed by atoms with Gasteiger partial charge in [0.25, 0.3) is 0 Å². The van der Waals surface area contributed by atoms with E-state index < -0.39 is 0 Å². The fourth-order valence-electron chi connectivity index (χ4n) is 2.99. The lowest BCUT2D eigenvalue weighted by atomic mass is 9.95. The highest BCUT2D eigenvalue weighted by Gasteiger charge is 2.12. The number of para-hydroxylation sites is 2. The zero-order chi connectivity index (χ0) is 14.2. The molecule has 0 heterocycles. The first kappa shape index (κ1) is 15.2. The fourth-order valence-corrected chi connectivity index (χ4v) is 2.99. The number of benzene rings is 1. The molecule has 0 bridgehead atoms. The molecule has 0 saturated heterocycles. The Balaban J connectivity index is 1.70. The Kier molecular flexibility index (Phi) is 6.19. The van der Waals surface area contributed by atoms with Gasteiger partial charge >= 0.3 is 0 Å². The smallest absolute Gasteiger partial charge is 0.142 e. The molecule has 20 heavy (non-hydrogen) atoms. The zero-order valence-electron chi connectivity index (χ0n) is 12.9. The van der Waals surface area contributed by atoms with Crippen LogP contribution in [0, 0.1) is 0 Å². The van der Waals surface area contributed by atoms with Gasteiger partial charge in [-0.25, -0.2) is 0 Å². The zero-order valence-corrected chi connectivity index (χ0v) is 12.9. The molecule has 1 aliphatic carbocycles. The maximum absolute atomic E-state index is 5.41. The topological polar surface area (TPSA) is 24.5 Å². The highest BCUT2D eigenvalue weighted by atomic mass is 16.5. The average molecular weight is 276 g/mol. The summed E-state index contributed by atoms with van der Waals surface area (Å²) in [5, 5.41) is 3.70. The molecule has 1 saturated carbocycles. The minimum absolute atomic E-state index is 0.764. The monoisotopic (exact) mass is 276 g/mol. The van der Waals surface area contributed by atoms with E-state index in [-0.39, 0.29) is 0 Å². The van der Waals surface area contributed by atoms with Gasteiger partial charge in [-0.15, -0.1) is 0 Å². The van der Waals surface area contributed by atoms with Crippen molar-refractivity contribution in [3.8, 4) is 5.75 Å². The first-order valence-electron chi connectivity index (χ1n) is 7.89. The van der Waals surface area contributed by atoms with Crippen molar-refractivity contribution in [2.45, 2.75) is 44.6 Å². The second kappa shape index (κ2) is 8.15. The van der Waals surface area contributed by atoms with E-state index in [1.165, 1.54) is 44.2 Å². The molecule has 0 radical (unpaired) electrons. The van der Waals surface area contributed by atoms with Crippen LogP contribution in [0.3, 0.4) is 0 Å². The largest absolute Gasteiger partial charge is 0.495 e. The Morgan fingerprint density at radius 1 is 1.20 bits per heavy atom. The van der Waals surface area contributed by atoms with Crippen molar-refractivity contribution in [2.75, 3.05) is 32.1 Å². The van der Waals surface area contributed by atoms with Gasteiger partial charge in [0.15, 0.2) is 0 Å². The van der Waals surface area contributed by atoms with Gasteiger partial charge in [0, 0.05) is 19.6 Å². The third kappa shape index (κ3) is 4.41. The summed E-state index contributed by atoms with van der Waals surface area (Å²) in [6.45, 7) is 2.17. The van der Waals surface area contributed by atoms with Gasteiger partial charge in [0.2, 0.25) is 0 Å². The molecule has 0 unspecified atom stereocenters. The number of ether oxygens (including phenoxy) is 1. The summed E-state index contributed by atoms with van der Waals surface area (Å²) in [5.41, 5.74) is 1.17. The summed E-state index contributed by atoms with van der Waals surface area (Å²) in [6, 6.07) is 8.98. The van der Waals surface area contributed by atoms with Crippen LogP contribution >= 0.6 is 0 Å². The van der Waals surface area contributed by atoms with Crippen LogP contribution in [-0.4, -0.2) is 33.3 Å². The van der Waals surface area contributed by atoms with Gasteiger partial charge in [0.05, 0.1) is 12.8 Å². The molecule has 2 rings (SSSR count). The molecular weight excluding hydrogens is 248 g/mol. The summed E-state index contributed by atoms with van der Waals surface area (Å²) in [6.07, 6.45) is 8.13. The summed E-state index contributed by atoms with van der Waals surface area (Å²) >= 11 is 0. The van der Waals surface area contributed by atoms with Crippen molar-refractivity contribution >= 4 is 5.69 Å². The highest BCUT2D eigenvalue weighted by molar-refractivity contribution is 5.57. The average Bonchev–Trinajstić information content (AvgIpc) is 2.52. The number of nitrogens with one attached hydrogen (secondary N) is 1. The van der Waals surface area contributed by atoms with E-state index in [1.807, 2.05) is 12.1 Å². The van der Waals surface area contributed by atoms with Crippen molar-refractivity contribution in [3.05, 3.63) is 24.3 Å². The molecule has 0 aliphatic heterocycles. The van der Waals surface area contributed by atoms with Crippen LogP contribution in [-0.2, 0) is 0 Å². The van der Waals surface area contributed by atoms with Gasteiger partial charge < -0.3 is 15.0 Å². The van der Waals surface area contributed by atoms with E-state index >= 15 is 0 Å². The van der Waals surface area contributed by atoms with E-state index in [4.69, 9.17) is 4.74 Å². The molecule has 1 aliphatic rings. The van der Waals surface area contributed by atoms with E-state index in [0.29, 0.717) is 0 Å². The van der Waals surface area contributed by atoms with Gasteiger partial charge in [-0.1, -0.05) is 31.4 Å². The Morgan fingerprint density at radius 2 is 1.95 bits per heavy atom. The maximum Gasteiger partial charge on any atom is 0.142 e. The first-order valence-corrected chi connectivity index (χ1v) is 7.89. The normalized spacial score (nSPS) is 16.1. The Hall–Kier alpha value is -1.22. The van der Waals surface area contributed by atoms with Crippen molar-refractivity contribution in [1.82, 2.24) is 5.32 Å². The number of nitrogens with zero attached hydrogens (tertiary/aromatic N) is 1. The van der Waals surface area contributed by atoms with E-state index in [0.717, 1.165) is 24.9 Å². The van der Waals surface area contributed by atoms with Crippen molar-refractivity contribution in [1.29, 1.82) is 0 Å². The van der Waals surface area contributed by atoms with Crippen molar-refractivity contribution in [2.24, 2.45) is 0 Å². The lowest BCUT2D eigenvalue weighted by molar-refractivity contribution is 0.372. The third-order valence-corrected chi connectivity index (χ3v) is 4.20. The minimum Gasteiger partial charge on any atom is -0.495 e. The second-order valence-electron chi connectivity index (χ2n) is 5.74. The van der Waals surface area contributed by atoms with E-state index in [2.05, 4.69) is 29.4 Å². The Morgan fingerprint density at radius 3 is 2.70 bits per heavy atom. The van der Waals surface area contributed by atoms with Crippen molar-refractivity contribution in [3.63, 3.8) is 0 Å². The molecule has 3 nitrogen and oxygen atoms in total. The van der Waals surface area contributed by atoms with Crippen LogP contribution in [0.4, 0.5) is 5.69 Å². The van der Waals surface area contributed by atoms with Crippen LogP contribution in [0.5, 0.6) is 5.75 Å². The number of methoxy groups -OCH3 is 1. The van der Waals surface area contributed by atoms with Gasteiger partial charge in [0.1, 0.15) is 5.75 Å². The SMILES string of the molecule is COc1ccccc1N(C)CCCNC1CCCCC1. The molecule has 3 heteroatoms.